The number of para-hydroxylation sites is 1. The van der Waals surface area contributed by atoms with Gasteiger partial charge in [0.25, 0.3) is 5.56 Å². The number of rotatable bonds is 3. The van der Waals surface area contributed by atoms with Crippen LogP contribution in [0.3, 0.4) is 0 Å². The molecule has 1 aliphatic rings. The van der Waals surface area contributed by atoms with Gasteiger partial charge in [0.2, 0.25) is 0 Å². The summed E-state index contributed by atoms with van der Waals surface area (Å²) in [5.41, 5.74) is 1.77. The van der Waals surface area contributed by atoms with Crippen LogP contribution in [0, 0.1) is 0 Å². The van der Waals surface area contributed by atoms with Crippen LogP contribution in [-0.2, 0) is 12.8 Å². The summed E-state index contributed by atoms with van der Waals surface area (Å²) >= 11 is 0. The van der Waals surface area contributed by atoms with Crippen molar-refractivity contribution >= 4 is 10.9 Å². The van der Waals surface area contributed by atoms with Crippen LogP contribution < -0.4 is 15.0 Å². The Bertz CT molecular complexity index is 918. The van der Waals surface area contributed by atoms with E-state index in [1.165, 1.54) is 0 Å². The second-order valence-electron chi connectivity index (χ2n) is 5.51. The molecule has 1 aromatic heterocycles. The van der Waals surface area contributed by atoms with Crippen LogP contribution in [0.1, 0.15) is 11.4 Å². The van der Waals surface area contributed by atoms with Crippen molar-refractivity contribution in [2.75, 3.05) is 13.2 Å². The number of hydrogen-bond acceptors (Lipinski definition) is 4. The molecule has 1 aliphatic heterocycles. The number of benzene rings is 2. The van der Waals surface area contributed by atoms with E-state index in [1.54, 1.807) is 6.07 Å². The number of nitrogens with zero attached hydrogens (tertiary/aromatic N) is 1. The van der Waals surface area contributed by atoms with Gasteiger partial charge in [0.05, 0.1) is 10.9 Å². The van der Waals surface area contributed by atoms with Crippen LogP contribution in [0.15, 0.2) is 47.3 Å². The van der Waals surface area contributed by atoms with Gasteiger partial charge in [-0.2, -0.15) is 0 Å². The first-order valence-corrected chi connectivity index (χ1v) is 7.66. The molecule has 0 radical (unpaired) electrons. The third-order valence-electron chi connectivity index (χ3n) is 3.92. The average Bonchev–Trinajstić information content (AvgIpc) is 2.60. The maximum atomic E-state index is 12.1. The monoisotopic (exact) mass is 308 g/mol. The normalized spacial score (nSPS) is 13.2. The number of ether oxygens (including phenoxy) is 2. The van der Waals surface area contributed by atoms with Gasteiger partial charge in [0.1, 0.15) is 19.0 Å². The van der Waals surface area contributed by atoms with E-state index >= 15 is 0 Å². The molecule has 0 unspecified atom stereocenters. The maximum absolute atomic E-state index is 12.1. The first-order chi connectivity index (χ1) is 11.3. The van der Waals surface area contributed by atoms with Gasteiger partial charge in [0.15, 0.2) is 11.5 Å². The molecule has 5 nitrogen and oxygen atoms in total. The average molecular weight is 308 g/mol. The first kappa shape index (κ1) is 13.8. The molecule has 4 rings (SSSR count). The number of aromatic amines is 1. The molecule has 0 saturated carbocycles. The highest BCUT2D eigenvalue weighted by Gasteiger charge is 2.12. The highest BCUT2D eigenvalue weighted by Crippen LogP contribution is 2.31. The first-order valence-electron chi connectivity index (χ1n) is 7.66. The van der Waals surface area contributed by atoms with Crippen molar-refractivity contribution in [3.05, 3.63) is 64.2 Å². The summed E-state index contributed by atoms with van der Waals surface area (Å²) in [6.07, 6.45) is 1.44. The van der Waals surface area contributed by atoms with Crippen molar-refractivity contribution in [3.63, 3.8) is 0 Å². The molecule has 0 bridgehead atoms. The fourth-order valence-corrected chi connectivity index (χ4v) is 2.76. The Hall–Kier alpha value is -2.82. The molecular weight excluding hydrogens is 292 g/mol. The SMILES string of the molecule is O=c1[nH]c(CCc2ccc3c(c2)OCCO3)nc2ccccc12. The number of aryl methyl sites for hydroxylation is 2. The van der Waals surface area contributed by atoms with Crippen LogP contribution in [0.25, 0.3) is 10.9 Å². The highest BCUT2D eigenvalue weighted by molar-refractivity contribution is 5.77. The molecule has 116 valence electrons. The molecule has 5 heteroatoms. The van der Waals surface area contributed by atoms with Crippen molar-refractivity contribution in [2.24, 2.45) is 0 Å². The number of nitrogens with one attached hydrogen (secondary N) is 1. The summed E-state index contributed by atoms with van der Waals surface area (Å²) in [6.45, 7) is 1.17. The Balaban J connectivity index is 1.56. The van der Waals surface area contributed by atoms with Gasteiger partial charge >= 0.3 is 0 Å². The lowest BCUT2D eigenvalue weighted by Gasteiger charge is -2.18. The molecule has 0 amide bonds. The van der Waals surface area contributed by atoms with E-state index in [0.717, 1.165) is 29.0 Å². The second kappa shape index (κ2) is 5.76. The second-order valence-corrected chi connectivity index (χ2v) is 5.51. The van der Waals surface area contributed by atoms with E-state index in [1.807, 2.05) is 36.4 Å². The lowest BCUT2D eigenvalue weighted by Crippen LogP contribution is -2.15. The van der Waals surface area contributed by atoms with Crippen LogP contribution in [0.2, 0.25) is 0 Å². The van der Waals surface area contributed by atoms with Gasteiger partial charge in [-0.3, -0.25) is 4.79 Å². The fraction of sp³-hybridized carbons (Fsp3) is 0.222. The van der Waals surface area contributed by atoms with E-state index in [0.29, 0.717) is 30.8 Å². The third kappa shape index (κ3) is 2.77. The zero-order chi connectivity index (χ0) is 15.6. The summed E-state index contributed by atoms with van der Waals surface area (Å²) in [5.74, 6) is 2.27. The van der Waals surface area contributed by atoms with E-state index in [4.69, 9.17) is 9.47 Å². The van der Waals surface area contributed by atoms with Crippen molar-refractivity contribution in [1.29, 1.82) is 0 Å². The predicted molar refractivity (Wildman–Crippen MR) is 87.2 cm³/mol. The molecule has 0 spiro atoms. The quantitative estimate of drug-likeness (QED) is 0.807. The summed E-state index contributed by atoms with van der Waals surface area (Å²) < 4.78 is 11.1. The van der Waals surface area contributed by atoms with E-state index in [9.17, 15) is 4.79 Å². The van der Waals surface area contributed by atoms with Crippen molar-refractivity contribution in [3.8, 4) is 11.5 Å². The minimum atomic E-state index is -0.0900. The number of H-pyrrole nitrogens is 1. The Morgan fingerprint density at radius 3 is 2.74 bits per heavy atom. The Morgan fingerprint density at radius 2 is 1.83 bits per heavy atom. The fourth-order valence-electron chi connectivity index (χ4n) is 2.76. The minimum absolute atomic E-state index is 0.0900. The van der Waals surface area contributed by atoms with Crippen molar-refractivity contribution < 1.29 is 9.47 Å². The molecule has 0 saturated heterocycles. The predicted octanol–water partition coefficient (Wildman–Crippen LogP) is 2.48. The molecular formula is C18H16N2O3. The van der Waals surface area contributed by atoms with Gasteiger partial charge in [-0.15, -0.1) is 0 Å². The van der Waals surface area contributed by atoms with Crippen LogP contribution in [0.4, 0.5) is 0 Å². The van der Waals surface area contributed by atoms with Crippen molar-refractivity contribution in [1.82, 2.24) is 9.97 Å². The molecule has 3 aromatic rings. The topological polar surface area (TPSA) is 64.2 Å². The molecule has 2 aromatic carbocycles. The maximum Gasteiger partial charge on any atom is 0.258 e. The van der Waals surface area contributed by atoms with Gasteiger partial charge in [0, 0.05) is 6.42 Å². The largest absolute Gasteiger partial charge is 0.486 e. The Labute approximate surface area is 132 Å². The van der Waals surface area contributed by atoms with E-state index in [-0.39, 0.29) is 5.56 Å². The van der Waals surface area contributed by atoms with E-state index in [2.05, 4.69) is 9.97 Å². The standard InChI is InChI=1S/C18H16N2O3/c21-18-13-3-1-2-4-14(13)19-17(20-18)8-6-12-5-7-15-16(11-12)23-10-9-22-15/h1-5,7,11H,6,8-10H2,(H,19,20,21). The molecule has 0 fully saturated rings. The summed E-state index contributed by atoms with van der Waals surface area (Å²) in [4.78, 5) is 19.5. The summed E-state index contributed by atoms with van der Waals surface area (Å²) in [6, 6.07) is 13.3. The van der Waals surface area contributed by atoms with Crippen LogP contribution >= 0.6 is 0 Å². The van der Waals surface area contributed by atoms with Crippen LogP contribution in [-0.4, -0.2) is 23.2 Å². The molecule has 2 heterocycles. The molecule has 0 atom stereocenters. The Morgan fingerprint density at radius 1 is 1.00 bits per heavy atom. The Kier molecular flexibility index (Phi) is 3.46. The van der Waals surface area contributed by atoms with Gasteiger partial charge in [-0.25, -0.2) is 4.98 Å². The minimum Gasteiger partial charge on any atom is -0.486 e. The number of hydrogen-bond donors (Lipinski definition) is 1. The number of fused-ring (bicyclic) bond motifs is 2. The van der Waals surface area contributed by atoms with Crippen LogP contribution in [0.5, 0.6) is 11.5 Å². The molecule has 23 heavy (non-hydrogen) atoms. The summed E-state index contributed by atoms with van der Waals surface area (Å²) in [7, 11) is 0. The summed E-state index contributed by atoms with van der Waals surface area (Å²) in [5, 5.41) is 0.621. The zero-order valence-electron chi connectivity index (χ0n) is 12.5. The lowest BCUT2D eigenvalue weighted by atomic mass is 10.1. The smallest absolute Gasteiger partial charge is 0.258 e. The van der Waals surface area contributed by atoms with Crippen molar-refractivity contribution in [2.45, 2.75) is 12.8 Å². The molecule has 1 N–H and O–H groups in total. The third-order valence-corrected chi connectivity index (χ3v) is 3.92. The zero-order valence-corrected chi connectivity index (χ0v) is 12.5. The lowest BCUT2D eigenvalue weighted by molar-refractivity contribution is 0.171. The van der Waals surface area contributed by atoms with Gasteiger partial charge in [-0.05, 0) is 36.2 Å². The van der Waals surface area contributed by atoms with Gasteiger partial charge in [-0.1, -0.05) is 18.2 Å². The molecule has 0 aliphatic carbocycles. The number of aromatic nitrogens is 2. The van der Waals surface area contributed by atoms with Gasteiger partial charge < -0.3 is 14.5 Å². The highest BCUT2D eigenvalue weighted by atomic mass is 16.6. The van der Waals surface area contributed by atoms with E-state index < -0.39 is 0 Å².